The highest BCUT2D eigenvalue weighted by Crippen LogP contribution is 2.30. The summed E-state index contributed by atoms with van der Waals surface area (Å²) < 4.78 is 37.2. The number of nitrogens with zero attached hydrogens (tertiary/aromatic N) is 2. The zero-order valence-corrected chi connectivity index (χ0v) is 11.5. The molecule has 0 saturated carbocycles. The van der Waals surface area contributed by atoms with Crippen LogP contribution in [0.3, 0.4) is 0 Å². The SMILES string of the molecule is CN(C)C=NC(=O)CNc1[nH+]cc(C(F)(F)F)cc1Cl. The molecular weight excluding hydrogens is 297 g/mol. The number of nitrogens with one attached hydrogen (secondary N) is 2. The number of aromatic amines is 1. The van der Waals surface area contributed by atoms with Crippen molar-refractivity contribution < 1.29 is 22.9 Å². The molecule has 0 radical (unpaired) electrons. The summed E-state index contributed by atoms with van der Waals surface area (Å²) in [4.78, 5) is 18.9. The molecule has 20 heavy (non-hydrogen) atoms. The first-order valence-corrected chi connectivity index (χ1v) is 5.83. The van der Waals surface area contributed by atoms with Crippen LogP contribution < -0.4 is 10.3 Å². The van der Waals surface area contributed by atoms with Crippen molar-refractivity contribution in [2.45, 2.75) is 6.18 Å². The van der Waals surface area contributed by atoms with Gasteiger partial charge >= 0.3 is 6.18 Å². The summed E-state index contributed by atoms with van der Waals surface area (Å²) in [6, 6.07) is 0.772. The molecule has 0 atom stereocenters. The number of rotatable bonds is 4. The van der Waals surface area contributed by atoms with Crippen molar-refractivity contribution in [3.8, 4) is 0 Å². The number of aromatic nitrogens is 1. The van der Waals surface area contributed by atoms with Gasteiger partial charge in [-0.25, -0.2) is 9.98 Å². The van der Waals surface area contributed by atoms with Gasteiger partial charge in [-0.2, -0.15) is 13.2 Å². The number of hydrogen-bond acceptors (Lipinski definition) is 2. The minimum Gasteiger partial charge on any atom is -0.369 e. The van der Waals surface area contributed by atoms with Crippen LogP contribution in [0.2, 0.25) is 5.02 Å². The Kier molecular flexibility index (Phi) is 5.32. The third kappa shape index (κ3) is 5.04. The number of alkyl halides is 3. The molecular formula is C11H13ClF3N4O+. The summed E-state index contributed by atoms with van der Waals surface area (Å²) in [7, 11) is 3.40. The lowest BCUT2D eigenvalue weighted by Gasteiger charge is -2.06. The van der Waals surface area contributed by atoms with Crippen molar-refractivity contribution in [2.75, 3.05) is 26.0 Å². The Balaban J connectivity index is 2.68. The lowest BCUT2D eigenvalue weighted by Crippen LogP contribution is -2.21. The van der Waals surface area contributed by atoms with Crippen molar-refractivity contribution in [2.24, 2.45) is 4.99 Å². The number of carbonyl (C=O) groups is 1. The number of hydrogen-bond donors (Lipinski definition) is 1. The van der Waals surface area contributed by atoms with Crippen LogP contribution in [0.4, 0.5) is 19.0 Å². The molecule has 0 aliphatic rings. The molecule has 1 rings (SSSR count). The number of amides is 1. The summed E-state index contributed by atoms with van der Waals surface area (Å²) in [6.07, 6.45) is -2.39. The van der Waals surface area contributed by atoms with Gasteiger partial charge in [-0.15, -0.1) is 0 Å². The average Bonchev–Trinajstić information content (AvgIpc) is 2.33. The van der Waals surface area contributed by atoms with Gasteiger partial charge in [0.1, 0.15) is 11.2 Å². The van der Waals surface area contributed by atoms with Crippen molar-refractivity contribution in [1.82, 2.24) is 4.90 Å². The fraction of sp³-hybridized carbons (Fsp3) is 0.364. The van der Waals surface area contributed by atoms with Crippen molar-refractivity contribution >= 4 is 29.7 Å². The van der Waals surface area contributed by atoms with Gasteiger partial charge in [-0.05, 0) is 6.07 Å². The van der Waals surface area contributed by atoms with Gasteiger partial charge in [0.15, 0.2) is 6.54 Å². The highest BCUT2D eigenvalue weighted by Gasteiger charge is 2.32. The molecule has 1 aromatic rings. The van der Waals surface area contributed by atoms with Gasteiger partial charge in [0.05, 0.1) is 11.9 Å². The van der Waals surface area contributed by atoms with Crippen molar-refractivity contribution in [3.05, 3.63) is 22.8 Å². The maximum atomic E-state index is 12.4. The van der Waals surface area contributed by atoms with Gasteiger partial charge in [-0.1, -0.05) is 11.6 Å². The molecule has 0 bridgehead atoms. The van der Waals surface area contributed by atoms with Crippen LogP contribution in [0.25, 0.3) is 0 Å². The molecule has 2 N–H and O–H groups in total. The second kappa shape index (κ2) is 6.56. The van der Waals surface area contributed by atoms with E-state index in [0.29, 0.717) is 0 Å². The Bertz CT molecular complexity index is 517. The van der Waals surface area contributed by atoms with Gasteiger partial charge in [-0.3, -0.25) is 10.1 Å². The topological polar surface area (TPSA) is 58.8 Å². The largest absolute Gasteiger partial charge is 0.419 e. The van der Waals surface area contributed by atoms with Crippen LogP contribution in [0.15, 0.2) is 17.3 Å². The van der Waals surface area contributed by atoms with E-state index < -0.39 is 17.6 Å². The summed E-state index contributed by atoms with van der Waals surface area (Å²) in [6.45, 7) is -0.189. The minimum atomic E-state index is -4.48. The monoisotopic (exact) mass is 309 g/mol. The summed E-state index contributed by atoms with van der Waals surface area (Å²) in [5.74, 6) is -0.365. The van der Waals surface area contributed by atoms with E-state index in [0.717, 1.165) is 12.3 Å². The van der Waals surface area contributed by atoms with Crippen LogP contribution in [0.1, 0.15) is 5.56 Å². The highest BCUT2D eigenvalue weighted by atomic mass is 35.5. The number of halogens is 4. The predicted octanol–water partition coefficient (Wildman–Crippen LogP) is 1.70. The summed E-state index contributed by atoms with van der Waals surface area (Å²) in [5.41, 5.74) is -0.898. The maximum absolute atomic E-state index is 12.4. The third-order valence-corrected chi connectivity index (χ3v) is 2.37. The van der Waals surface area contributed by atoms with Gasteiger partial charge < -0.3 is 4.90 Å². The lowest BCUT2D eigenvalue weighted by molar-refractivity contribution is -0.364. The Morgan fingerprint density at radius 3 is 2.70 bits per heavy atom. The first kappa shape index (κ1) is 16.2. The lowest BCUT2D eigenvalue weighted by atomic mass is 10.3. The van der Waals surface area contributed by atoms with E-state index in [9.17, 15) is 18.0 Å². The van der Waals surface area contributed by atoms with Crippen molar-refractivity contribution in [1.29, 1.82) is 0 Å². The second-order valence-corrected chi connectivity index (χ2v) is 4.47. The zero-order valence-electron chi connectivity index (χ0n) is 10.8. The van der Waals surface area contributed by atoms with Gasteiger partial charge in [0.2, 0.25) is 0 Å². The number of H-pyrrole nitrogens is 1. The molecule has 110 valence electrons. The average molecular weight is 310 g/mol. The molecule has 1 amide bonds. The van der Waals surface area contributed by atoms with Crippen molar-refractivity contribution in [3.63, 3.8) is 0 Å². The normalized spacial score (nSPS) is 11.7. The Morgan fingerprint density at radius 2 is 2.20 bits per heavy atom. The molecule has 0 saturated heterocycles. The quantitative estimate of drug-likeness (QED) is 0.680. The third-order valence-electron chi connectivity index (χ3n) is 2.07. The van der Waals surface area contributed by atoms with E-state index in [-0.39, 0.29) is 17.4 Å². The molecule has 0 unspecified atom stereocenters. The van der Waals surface area contributed by atoms with E-state index in [2.05, 4.69) is 15.3 Å². The molecule has 5 nitrogen and oxygen atoms in total. The van der Waals surface area contributed by atoms with E-state index >= 15 is 0 Å². The molecule has 0 spiro atoms. The minimum absolute atomic E-state index is 0.119. The van der Waals surface area contributed by atoms with E-state index in [4.69, 9.17) is 11.6 Å². The standard InChI is InChI=1S/C11H12ClF3N4O/c1-19(2)6-18-9(20)5-17-10-8(12)3-7(4-16-10)11(13,14)15/h3-4,6H,5H2,1-2H3,(H,16,17)/p+1. The smallest absolute Gasteiger partial charge is 0.369 e. The molecule has 0 aliphatic heterocycles. The molecule has 0 fully saturated rings. The summed E-state index contributed by atoms with van der Waals surface area (Å²) >= 11 is 5.69. The van der Waals surface area contributed by atoms with Crippen LogP contribution in [-0.4, -0.2) is 37.8 Å². The number of carbonyl (C=O) groups excluding carboxylic acids is 1. The number of pyridine rings is 1. The number of anilines is 1. The fourth-order valence-corrected chi connectivity index (χ4v) is 1.40. The molecule has 9 heteroatoms. The molecule has 1 aromatic heterocycles. The number of aliphatic imine (C=N–C) groups is 1. The first-order valence-electron chi connectivity index (χ1n) is 5.46. The van der Waals surface area contributed by atoms with Crippen LogP contribution in [0, 0.1) is 0 Å². The van der Waals surface area contributed by atoms with Crippen LogP contribution >= 0.6 is 11.6 Å². The van der Waals surface area contributed by atoms with Gasteiger partial charge in [0, 0.05) is 14.1 Å². The fourth-order valence-electron chi connectivity index (χ4n) is 1.16. The van der Waals surface area contributed by atoms with Crippen LogP contribution in [-0.2, 0) is 11.0 Å². The molecule has 0 aromatic carbocycles. The highest BCUT2D eigenvalue weighted by molar-refractivity contribution is 6.32. The second-order valence-electron chi connectivity index (χ2n) is 4.06. The van der Waals surface area contributed by atoms with E-state index in [1.807, 2.05) is 0 Å². The maximum Gasteiger partial charge on any atom is 0.419 e. The summed E-state index contributed by atoms with van der Waals surface area (Å²) in [5, 5.41) is 2.42. The Morgan fingerprint density at radius 1 is 1.55 bits per heavy atom. The predicted molar refractivity (Wildman–Crippen MR) is 68.7 cm³/mol. The zero-order chi connectivity index (χ0) is 15.3. The van der Waals surface area contributed by atoms with E-state index in [1.165, 1.54) is 6.34 Å². The Labute approximate surface area is 118 Å². The van der Waals surface area contributed by atoms with Crippen LogP contribution in [0.5, 0.6) is 0 Å². The van der Waals surface area contributed by atoms with Gasteiger partial charge in [0.25, 0.3) is 11.7 Å². The molecule has 1 heterocycles. The molecule has 0 aliphatic carbocycles. The van der Waals surface area contributed by atoms with E-state index in [1.54, 1.807) is 19.0 Å². The Hall–Kier alpha value is -1.83. The first-order chi connectivity index (χ1) is 9.20.